The van der Waals surface area contributed by atoms with Crippen LogP contribution in [0.1, 0.15) is 0 Å². The zero-order valence-corrected chi connectivity index (χ0v) is 15.1. The van der Waals surface area contributed by atoms with E-state index < -0.39 is 0 Å². The van der Waals surface area contributed by atoms with Crippen molar-refractivity contribution >= 4 is 27.5 Å². The third-order valence-corrected chi connectivity index (χ3v) is 5.03. The largest absolute Gasteiger partial charge is 0.334 e. The van der Waals surface area contributed by atoms with Crippen molar-refractivity contribution in [2.24, 2.45) is 0 Å². The Hall–Kier alpha value is -2.99. The summed E-state index contributed by atoms with van der Waals surface area (Å²) >= 11 is 1.47. The van der Waals surface area contributed by atoms with Gasteiger partial charge in [-0.2, -0.15) is 0 Å². The lowest BCUT2D eigenvalue weighted by molar-refractivity contribution is -0.130. The van der Waals surface area contributed by atoms with Crippen LogP contribution in [0, 0.1) is 0 Å². The van der Waals surface area contributed by atoms with E-state index in [2.05, 4.69) is 18.1 Å². The maximum atomic E-state index is 12.8. The number of fused-ring (bicyclic) bond motifs is 1. The van der Waals surface area contributed by atoms with Crippen molar-refractivity contribution in [3.05, 3.63) is 78.4 Å². The van der Waals surface area contributed by atoms with E-state index in [-0.39, 0.29) is 18.0 Å². The lowest BCUT2D eigenvalue weighted by Crippen LogP contribution is -2.36. The number of carbonyl (C=O) groups is 1. The van der Waals surface area contributed by atoms with Crippen LogP contribution in [0.3, 0.4) is 0 Å². The van der Waals surface area contributed by atoms with Gasteiger partial charge in [-0.1, -0.05) is 42.5 Å². The van der Waals surface area contributed by atoms with E-state index in [4.69, 9.17) is 0 Å². The number of nitrogens with zero attached hydrogens (tertiary/aromatic N) is 3. The van der Waals surface area contributed by atoms with E-state index in [1.54, 1.807) is 17.1 Å². The van der Waals surface area contributed by atoms with Gasteiger partial charge in [0.15, 0.2) is 0 Å². The fourth-order valence-electron chi connectivity index (χ4n) is 2.65. The van der Waals surface area contributed by atoms with Crippen LogP contribution >= 0.6 is 11.3 Å². The van der Waals surface area contributed by atoms with Crippen molar-refractivity contribution in [2.75, 3.05) is 13.1 Å². The molecule has 3 rings (SSSR count). The molecule has 26 heavy (non-hydrogen) atoms. The lowest BCUT2D eigenvalue weighted by Gasteiger charge is -2.19. The second kappa shape index (κ2) is 7.93. The molecule has 0 saturated carbocycles. The first kappa shape index (κ1) is 17.8. The van der Waals surface area contributed by atoms with E-state index in [0.29, 0.717) is 23.3 Å². The van der Waals surface area contributed by atoms with E-state index in [9.17, 15) is 9.59 Å². The molecular formula is C20H19N3O2S. The zero-order valence-electron chi connectivity index (χ0n) is 14.3. The molecule has 6 heteroatoms. The summed E-state index contributed by atoms with van der Waals surface area (Å²) in [4.78, 5) is 32.8. The van der Waals surface area contributed by atoms with Gasteiger partial charge in [0.25, 0.3) is 5.56 Å². The third-order valence-electron chi connectivity index (χ3n) is 3.93. The Bertz CT molecular complexity index is 995. The Morgan fingerprint density at radius 2 is 1.88 bits per heavy atom. The van der Waals surface area contributed by atoms with Crippen LogP contribution in [0.2, 0.25) is 0 Å². The molecule has 0 bridgehead atoms. The van der Waals surface area contributed by atoms with Gasteiger partial charge in [0.05, 0.1) is 11.7 Å². The number of aromatic nitrogens is 2. The van der Waals surface area contributed by atoms with E-state index >= 15 is 0 Å². The SMILES string of the molecule is C=CCN(CC=C)C(=O)Cn1cnc2sc(-c3ccccc3)cc2c1=O. The molecule has 0 atom stereocenters. The van der Waals surface area contributed by atoms with Crippen LogP contribution < -0.4 is 5.56 Å². The second-order valence-electron chi connectivity index (χ2n) is 5.75. The van der Waals surface area contributed by atoms with Crippen molar-refractivity contribution in [3.63, 3.8) is 0 Å². The van der Waals surface area contributed by atoms with Crippen molar-refractivity contribution in [1.82, 2.24) is 14.5 Å². The fraction of sp³-hybridized carbons (Fsp3) is 0.150. The number of thiophene rings is 1. The Balaban J connectivity index is 1.92. The van der Waals surface area contributed by atoms with Crippen molar-refractivity contribution in [2.45, 2.75) is 6.54 Å². The smallest absolute Gasteiger partial charge is 0.262 e. The van der Waals surface area contributed by atoms with Gasteiger partial charge in [0.1, 0.15) is 11.4 Å². The number of hydrogen-bond acceptors (Lipinski definition) is 4. The maximum Gasteiger partial charge on any atom is 0.262 e. The molecule has 0 aliphatic heterocycles. The highest BCUT2D eigenvalue weighted by atomic mass is 32.1. The summed E-state index contributed by atoms with van der Waals surface area (Å²) < 4.78 is 1.35. The standard InChI is InChI=1S/C20H19N3O2S/c1-3-10-22(11-4-2)18(24)13-23-14-21-19-16(20(23)25)12-17(26-19)15-8-6-5-7-9-15/h3-9,12,14H,1-2,10-11,13H2. The van der Waals surface area contributed by atoms with E-state index in [1.807, 2.05) is 36.4 Å². The summed E-state index contributed by atoms with van der Waals surface area (Å²) in [6.45, 7) is 8.07. The molecule has 2 heterocycles. The summed E-state index contributed by atoms with van der Waals surface area (Å²) in [5.74, 6) is -0.174. The molecule has 1 amide bonds. The highest BCUT2D eigenvalue weighted by molar-refractivity contribution is 7.21. The minimum atomic E-state index is -0.209. The van der Waals surface area contributed by atoms with Crippen LogP contribution in [-0.2, 0) is 11.3 Å². The van der Waals surface area contributed by atoms with Gasteiger partial charge in [-0.05, 0) is 11.6 Å². The van der Waals surface area contributed by atoms with Crippen molar-refractivity contribution < 1.29 is 4.79 Å². The Morgan fingerprint density at radius 1 is 1.19 bits per heavy atom. The summed E-state index contributed by atoms with van der Waals surface area (Å²) in [6, 6.07) is 11.7. The Labute approximate surface area is 155 Å². The molecule has 3 aromatic rings. The number of benzene rings is 1. The number of carbonyl (C=O) groups excluding carboxylic acids is 1. The quantitative estimate of drug-likeness (QED) is 0.604. The normalized spacial score (nSPS) is 10.6. The highest BCUT2D eigenvalue weighted by Crippen LogP contribution is 2.30. The monoisotopic (exact) mass is 365 g/mol. The van der Waals surface area contributed by atoms with Gasteiger partial charge in [0, 0.05) is 18.0 Å². The minimum absolute atomic E-state index is 0.0556. The molecule has 0 saturated heterocycles. The summed E-state index contributed by atoms with van der Waals surface area (Å²) in [5, 5.41) is 0.531. The van der Waals surface area contributed by atoms with Crippen LogP contribution in [0.15, 0.2) is 72.8 Å². The first-order valence-corrected chi connectivity index (χ1v) is 8.99. The molecule has 0 aliphatic carbocycles. The summed E-state index contributed by atoms with van der Waals surface area (Å²) in [7, 11) is 0. The molecule has 0 radical (unpaired) electrons. The van der Waals surface area contributed by atoms with Crippen LogP contribution in [0.4, 0.5) is 0 Å². The molecule has 0 fully saturated rings. The predicted molar refractivity (Wildman–Crippen MR) is 106 cm³/mol. The van der Waals surface area contributed by atoms with Gasteiger partial charge < -0.3 is 4.90 Å². The minimum Gasteiger partial charge on any atom is -0.334 e. The van der Waals surface area contributed by atoms with Crippen molar-refractivity contribution in [1.29, 1.82) is 0 Å². The van der Waals surface area contributed by atoms with Crippen molar-refractivity contribution in [3.8, 4) is 10.4 Å². The number of amides is 1. The average molecular weight is 365 g/mol. The van der Waals surface area contributed by atoms with Crippen LogP contribution in [0.5, 0.6) is 0 Å². The fourth-order valence-corrected chi connectivity index (χ4v) is 3.65. The highest BCUT2D eigenvalue weighted by Gasteiger charge is 2.15. The molecule has 2 aromatic heterocycles. The molecule has 1 aromatic carbocycles. The van der Waals surface area contributed by atoms with Crippen LogP contribution in [0.25, 0.3) is 20.7 Å². The third kappa shape index (κ3) is 3.65. The molecule has 0 aliphatic rings. The summed E-state index contributed by atoms with van der Waals surface area (Å²) in [5.41, 5.74) is 0.833. The molecule has 0 unspecified atom stereocenters. The first-order valence-electron chi connectivity index (χ1n) is 8.18. The molecule has 0 spiro atoms. The molecular weight excluding hydrogens is 346 g/mol. The zero-order chi connectivity index (χ0) is 18.5. The van der Waals surface area contributed by atoms with Crippen LogP contribution in [-0.4, -0.2) is 33.4 Å². The number of rotatable bonds is 7. The molecule has 132 valence electrons. The molecule has 5 nitrogen and oxygen atoms in total. The molecule has 0 N–H and O–H groups in total. The van der Waals surface area contributed by atoms with E-state index in [1.165, 1.54) is 22.2 Å². The van der Waals surface area contributed by atoms with Gasteiger partial charge >= 0.3 is 0 Å². The lowest BCUT2D eigenvalue weighted by atomic mass is 10.2. The predicted octanol–water partition coefficient (Wildman–Crippen LogP) is 3.33. The first-order chi connectivity index (χ1) is 12.6. The second-order valence-corrected chi connectivity index (χ2v) is 6.78. The Kier molecular flexibility index (Phi) is 5.43. The van der Waals surface area contributed by atoms with Gasteiger partial charge in [-0.3, -0.25) is 14.2 Å². The number of hydrogen-bond donors (Lipinski definition) is 0. The average Bonchev–Trinajstić information content (AvgIpc) is 3.10. The van der Waals surface area contributed by atoms with Gasteiger partial charge in [-0.25, -0.2) is 4.98 Å². The topological polar surface area (TPSA) is 55.2 Å². The van der Waals surface area contributed by atoms with Gasteiger partial charge in [-0.15, -0.1) is 24.5 Å². The van der Waals surface area contributed by atoms with E-state index in [0.717, 1.165) is 10.4 Å². The summed E-state index contributed by atoms with van der Waals surface area (Å²) in [6.07, 6.45) is 4.74. The maximum absolute atomic E-state index is 12.8. The Morgan fingerprint density at radius 3 is 2.54 bits per heavy atom. The van der Waals surface area contributed by atoms with Gasteiger partial charge in [0.2, 0.25) is 5.91 Å².